The summed E-state index contributed by atoms with van der Waals surface area (Å²) in [5.74, 6) is 0.913. The Balaban J connectivity index is 2.09. The monoisotopic (exact) mass is 178 g/mol. The lowest BCUT2D eigenvalue weighted by molar-refractivity contribution is 0.0347. The van der Waals surface area contributed by atoms with E-state index < -0.39 is 0 Å². The van der Waals surface area contributed by atoms with Gasteiger partial charge in [-0.15, -0.1) is 0 Å². The molecular formula is C10H14N2O. The Kier molecular flexibility index (Phi) is 1.96. The molecule has 0 amide bonds. The van der Waals surface area contributed by atoms with Crippen LogP contribution in [0.2, 0.25) is 0 Å². The molecule has 1 aromatic heterocycles. The van der Waals surface area contributed by atoms with Crippen LogP contribution in [0, 0.1) is 6.92 Å². The van der Waals surface area contributed by atoms with Crippen LogP contribution in [0.15, 0.2) is 18.3 Å². The summed E-state index contributed by atoms with van der Waals surface area (Å²) in [6.07, 6.45) is 1.78. The molecule has 2 heterocycles. The molecule has 2 rings (SSSR count). The molecule has 1 aliphatic rings. The maximum atomic E-state index is 5.82. The van der Waals surface area contributed by atoms with Crippen molar-refractivity contribution in [2.75, 3.05) is 13.1 Å². The lowest BCUT2D eigenvalue weighted by Gasteiger charge is -2.39. The molecule has 3 nitrogen and oxygen atoms in total. The highest BCUT2D eigenvalue weighted by molar-refractivity contribution is 5.23. The molecule has 1 aromatic rings. The molecule has 0 aromatic carbocycles. The zero-order valence-electron chi connectivity index (χ0n) is 8.00. The van der Waals surface area contributed by atoms with Crippen LogP contribution in [0.25, 0.3) is 0 Å². The summed E-state index contributed by atoms with van der Waals surface area (Å²) in [7, 11) is 0. The van der Waals surface area contributed by atoms with E-state index in [2.05, 4.69) is 17.2 Å². The first kappa shape index (κ1) is 8.51. The molecule has 0 spiro atoms. The van der Waals surface area contributed by atoms with Crippen LogP contribution >= 0.6 is 0 Å². The van der Waals surface area contributed by atoms with Crippen molar-refractivity contribution >= 4 is 0 Å². The molecule has 0 radical (unpaired) electrons. The maximum Gasteiger partial charge on any atom is 0.131 e. The van der Waals surface area contributed by atoms with Gasteiger partial charge in [0.1, 0.15) is 11.4 Å². The van der Waals surface area contributed by atoms with Gasteiger partial charge in [0.05, 0.1) is 0 Å². The Morgan fingerprint density at radius 1 is 1.54 bits per heavy atom. The number of hydrogen-bond acceptors (Lipinski definition) is 3. The number of nitrogens with one attached hydrogen (secondary N) is 1. The van der Waals surface area contributed by atoms with Crippen molar-refractivity contribution in [2.45, 2.75) is 19.4 Å². The van der Waals surface area contributed by atoms with Gasteiger partial charge in [0.25, 0.3) is 0 Å². The third-order valence-corrected chi connectivity index (χ3v) is 2.23. The molecular weight excluding hydrogens is 164 g/mol. The molecule has 1 fully saturated rings. The topological polar surface area (TPSA) is 34.1 Å². The van der Waals surface area contributed by atoms with E-state index in [1.807, 2.05) is 19.1 Å². The predicted octanol–water partition coefficient (Wildman–Crippen LogP) is 1.13. The van der Waals surface area contributed by atoms with Crippen molar-refractivity contribution in [3.8, 4) is 5.75 Å². The summed E-state index contributed by atoms with van der Waals surface area (Å²) >= 11 is 0. The Bertz CT molecular complexity index is 308. The van der Waals surface area contributed by atoms with Crippen LogP contribution in [0.4, 0.5) is 0 Å². The fourth-order valence-electron chi connectivity index (χ4n) is 1.42. The van der Waals surface area contributed by atoms with E-state index in [9.17, 15) is 0 Å². The average Bonchev–Trinajstić information content (AvgIpc) is 2.01. The van der Waals surface area contributed by atoms with E-state index in [0.717, 1.165) is 24.5 Å². The normalized spacial score (nSPS) is 19.2. The Morgan fingerprint density at radius 3 is 2.85 bits per heavy atom. The summed E-state index contributed by atoms with van der Waals surface area (Å²) in [6.45, 7) is 5.93. The molecule has 13 heavy (non-hydrogen) atoms. The second kappa shape index (κ2) is 3.00. The second-order valence-corrected chi connectivity index (χ2v) is 3.79. The lowest BCUT2D eigenvalue weighted by atomic mass is 10.00. The lowest BCUT2D eigenvalue weighted by Crippen LogP contribution is -2.61. The van der Waals surface area contributed by atoms with E-state index in [-0.39, 0.29) is 5.60 Å². The smallest absolute Gasteiger partial charge is 0.131 e. The highest BCUT2D eigenvalue weighted by Crippen LogP contribution is 2.21. The van der Waals surface area contributed by atoms with E-state index in [0.29, 0.717) is 0 Å². The Labute approximate surface area is 78.1 Å². The number of nitrogens with zero attached hydrogens (tertiary/aromatic N) is 1. The van der Waals surface area contributed by atoms with Gasteiger partial charge in [-0.2, -0.15) is 0 Å². The van der Waals surface area contributed by atoms with Crippen LogP contribution in [0.3, 0.4) is 0 Å². The van der Waals surface area contributed by atoms with Gasteiger partial charge in [-0.25, -0.2) is 0 Å². The summed E-state index contributed by atoms with van der Waals surface area (Å²) in [5, 5.41) is 3.20. The van der Waals surface area contributed by atoms with Crippen molar-refractivity contribution in [1.82, 2.24) is 10.3 Å². The number of hydrogen-bond donors (Lipinski definition) is 1. The van der Waals surface area contributed by atoms with Gasteiger partial charge in [0, 0.05) is 31.0 Å². The number of ether oxygens (including phenoxy) is 1. The first-order valence-corrected chi connectivity index (χ1v) is 4.50. The fourth-order valence-corrected chi connectivity index (χ4v) is 1.42. The molecule has 3 heteroatoms. The Morgan fingerprint density at radius 2 is 2.31 bits per heavy atom. The number of aryl methyl sites for hydroxylation is 1. The van der Waals surface area contributed by atoms with Crippen LogP contribution in [0.1, 0.15) is 12.6 Å². The third-order valence-electron chi connectivity index (χ3n) is 2.23. The summed E-state index contributed by atoms with van der Waals surface area (Å²) < 4.78 is 5.82. The quantitative estimate of drug-likeness (QED) is 0.737. The molecule has 0 atom stereocenters. The maximum absolute atomic E-state index is 5.82. The second-order valence-electron chi connectivity index (χ2n) is 3.79. The largest absolute Gasteiger partial charge is 0.485 e. The molecule has 0 bridgehead atoms. The first-order chi connectivity index (χ1) is 6.18. The minimum Gasteiger partial charge on any atom is -0.485 e. The molecule has 0 aliphatic carbocycles. The zero-order chi connectivity index (χ0) is 9.31. The van der Waals surface area contributed by atoms with Crippen molar-refractivity contribution in [3.05, 3.63) is 24.0 Å². The predicted molar refractivity (Wildman–Crippen MR) is 50.9 cm³/mol. The van der Waals surface area contributed by atoms with Crippen LogP contribution in [-0.2, 0) is 0 Å². The molecule has 70 valence electrons. The number of aromatic nitrogens is 1. The Hall–Kier alpha value is -1.09. The van der Waals surface area contributed by atoms with Gasteiger partial charge in [-0.1, -0.05) is 0 Å². The number of rotatable bonds is 2. The van der Waals surface area contributed by atoms with E-state index in [1.54, 1.807) is 6.20 Å². The summed E-state index contributed by atoms with van der Waals surface area (Å²) in [6, 6.07) is 3.86. The molecule has 1 N–H and O–H groups in total. The highest BCUT2D eigenvalue weighted by Gasteiger charge is 2.33. The molecule has 0 saturated carbocycles. The van der Waals surface area contributed by atoms with Gasteiger partial charge in [-0.05, 0) is 19.9 Å². The standard InChI is InChI=1S/C10H14N2O/c1-8-5-9(3-4-12-8)13-10(2)6-11-7-10/h3-5,11H,6-7H2,1-2H3. The van der Waals surface area contributed by atoms with Crippen LogP contribution in [-0.4, -0.2) is 23.7 Å². The minimum absolute atomic E-state index is 0.0200. The first-order valence-electron chi connectivity index (χ1n) is 4.50. The molecule has 1 saturated heterocycles. The summed E-state index contributed by atoms with van der Waals surface area (Å²) in [4.78, 5) is 4.12. The highest BCUT2D eigenvalue weighted by atomic mass is 16.5. The minimum atomic E-state index is -0.0200. The van der Waals surface area contributed by atoms with Crippen molar-refractivity contribution in [3.63, 3.8) is 0 Å². The van der Waals surface area contributed by atoms with Crippen molar-refractivity contribution in [2.24, 2.45) is 0 Å². The zero-order valence-corrected chi connectivity index (χ0v) is 8.00. The van der Waals surface area contributed by atoms with Gasteiger partial charge < -0.3 is 10.1 Å². The fraction of sp³-hybridized carbons (Fsp3) is 0.500. The van der Waals surface area contributed by atoms with Crippen molar-refractivity contribution in [1.29, 1.82) is 0 Å². The van der Waals surface area contributed by atoms with E-state index in [1.165, 1.54) is 0 Å². The molecule has 0 unspecified atom stereocenters. The van der Waals surface area contributed by atoms with Gasteiger partial charge in [0.2, 0.25) is 0 Å². The van der Waals surface area contributed by atoms with Crippen LogP contribution in [0.5, 0.6) is 5.75 Å². The van der Waals surface area contributed by atoms with Gasteiger partial charge in [0.15, 0.2) is 0 Å². The third kappa shape index (κ3) is 1.80. The van der Waals surface area contributed by atoms with E-state index in [4.69, 9.17) is 4.74 Å². The van der Waals surface area contributed by atoms with E-state index >= 15 is 0 Å². The van der Waals surface area contributed by atoms with Crippen LogP contribution < -0.4 is 10.1 Å². The number of pyridine rings is 1. The van der Waals surface area contributed by atoms with Gasteiger partial charge >= 0.3 is 0 Å². The summed E-state index contributed by atoms with van der Waals surface area (Å²) in [5.41, 5.74) is 0.974. The van der Waals surface area contributed by atoms with Gasteiger partial charge in [-0.3, -0.25) is 4.98 Å². The molecule has 1 aliphatic heterocycles. The van der Waals surface area contributed by atoms with Crippen molar-refractivity contribution < 1.29 is 4.74 Å². The SMILES string of the molecule is Cc1cc(OC2(C)CNC2)ccn1. The average molecular weight is 178 g/mol.